The molecule has 1 saturated heterocycles. The van der Waals surface area contributed by atoms with E-state index in [2.05, 4.69) is 58.9 Å². The second-order valence-corrected chi connectivity index (χ2v) is 11.9. The third-order valence-electron chi connectivity index (χ3n) is 10.1. The van der Waals surface area contributed by atoms with Crippen molar-refractivity contribution in [3.05, 3.63) is 24.3 Å². The summed E-state index contributed by atoms with van der Waals surface area (Å²) >= 11 is 0. The van der Waals surface area contributed by atoms with Gasteiger partial charge in [-0.05, 0) is 67.8 Å². The predicted molar refractivity (Wildman–Crippen MR) is 115 cm³/mol. The monoisotopic (exact) mass is 400 g/mol. The zero-order valence-corrected chi connectivity index (χ0v) is 19.0. The molecule has 4 fully saturated rings. The summed E-state index contributed by atoms with van der Waals surface area (Å²) in [6.45, 7) is 11.9. The van der Waals surface area contributed by atoms with Gasteiger partial charge in [-0.25, -0.2) is 9.78 Å². The van der Waals surface area contributed by atoms with E-state index in [1.807, 2.05) is 0 Å². The SMILES string of the molecule is CC(C)/C=C/C(C)C1CCC2[C@]1(C)CCC1[C@]23C=C[C@]2(C[C@@H](O)CC[C@]12C)OO3. The molecular weight excluding hydrogens is 360 g/mol. The van der Waals surface area contributed by atoms with E-state index >= 15 is 0 Å². The molecule has 29 heavy (non-hydrogen) atoms. The Morgan fingerprint density at radius 3 is 2.41 bits per heavy atom. The van der Waals surface area contributed by atoms with Crippen LogP contribution in [-0.2, 0) is 9.78 Å². The Morgan fingerprint density at radius 2 is 1.72 bits per heavy atom. The van der Waals surface area contributed by atoms with Crippen LogP contribution in [0.3, 0.4) is 0 Å². The van der Waals surface area contributed by atoms with Crippen LogP contribution in [-0.4, -0.2) is 22.4 Å². The topological polar surface area (TPSA) is 38.7 Å². The minimum atomic E-state index is -0.434. The van der Waals surface area contributed by atoms with Crippen LogP contribution < -0.4 is 0 Å². The second-order valence-electron chi connectivity index (χ2n) is 11.9. The molecule has 3 saturated carbocycles. The van der Waals surface area contributed by atoms with Crippen LogP contribution in [0.2, 0.25) is 0 Å². The summed E-state index contributed by atoms with van der Waals surface area (Å²) < 4.78 is 0. The highest BCUT2D eigenvalue weighted by Crippen LogP contribution is 2.72. The first kappa shape index (κ1) is 20.3. The third-order valence-corrected chi connectivity index (χ3v) is 10.1. The van der Waals surface area contributed by atoms with Crippen LogP contribution in [0.4, 0.5) is 0 Å². The highest BCUT2D eigenvalue weighted by molar-refractivity contribution is 5.33. The lowest BCUT2D eigenvalue weighted by atomic mass is 9.43. The van der Waals surface area contributed by atoms with E-state index in [1.165, 1.54) is 25.7 Å². The normalized spacial score (nSPS) is 54.4. The van der Waals surface area contributed by atoms with Gasteiger partial charge in [0.25, 0.3) is 0 Å². The number of fused-ring (bicyclic) bond motifs is 2. The average Bonchev–Trinajstić information content (AvgIpc) is 3.04. The quantitative estimate of drug-likeness (QED) is 0.478. The molecule has 162 valence electrons. The molecule has 0 amide bonds. The minimum Gasteiger partial charge on any atom is -0.393 e. The Morgan fingerprint density at radius 1 is 0.931 bits per heavy atom. The fourth-order valence-electron chi connectivity index (χ4n) is 8.54. The lowest BCUT2D eigenvalue weighted by Gasteiger charge is -2.69. The van der Waals surface area contributed by atoms with Crippen molar-refractivity contribution in [1.29, 1.82) is 0 Å². The Bertz CT molecular complexity index is 727. The Balaban J connectivity index is 1.50. The van der Waals surface area contributed by atoms with Gasteiger partial charge in [-0.1, -0.05) is 52.8 Å². The van der Waals surface area contributed by atoms with Crippen LogP contribution in [0.15, 0.2) is 24.3 Å². The van der Waals surface area contributed by atoms with Gasteiger partial charge in [0, 0.05) is 23.7 Å². The molecule has 1 N–H and O–H groups in total. The van der Waals surface area contributed by atoms with Gasteiger partial charge in [-0.3, -0.25) is 0 Å². The van der Waals surface area contributed by atoms with E-state index in [-0.39, 0.29) is 17.1 Å². The Labute approximate surface area is 176 Å². The number of hydrogen-bond acceptors (Lipinski definition) is 3. The molecule has 3 heteroatoms. The van der Waals surface area contributed by atoms with Crippen molar-refractivity contribution in [1.82, 2.24) is 0 Å². The largest absolute Gasteiger partial charge is 0.393 e. The number of aliphatic hydroxyl groups excluding tert-OH is 1. The Hall–Kier alpha value is -0.640. The molecule has 2 heterocycles. The van der Waals surface area contributed by atoms with Crippen LogP contribution in [0.25, 0.3) is 0 Å². The minimum absolute atomic E-state index is 0.0712. The molecule has 2 spiro atoms. The molecule has 4 unspecified atom stereocenters. The molecular formula is C26H40O3. The van der Waals surface area contributed by atoms with E-state index < -0.39 is 5.60 Å². The zero-order valence-electron chi connectivity index (χ0n) is 19.0. The van der Waals surface area contributed by atoms with Gasteiger partial charge >= 0.3 is 0 Å². The van der Waals surface area contributed by atoms with Crippen molar-refractivity contribution in [2.75, 3.05) is 0 Å². The summed E-state index contributed by atoms with van der Waals surface area (Å²) in [5, 5.41) is 10.4. The lowest BCUT2D eigenvalue weighted by Crippen LogP contribution is -2.73. The smallest absolute Gasteiger partial charge is 0.130 e. The zero-order chi connectivity index (χ0) is 20.7. The number of allylic oxidation sites excluding steroid dienone is 2. The van der Waals surface area contributed by atoms with Gasteiger partial charge in [0.2, 0.25) is 0 Å². The summed E-state index contributed by atoms with van der Waals surface area (Å²) in [6.07, 6.45) is 16.9. The first-order valence-electron chi connectivity index (χ1n) is 12.1. The summed E-state index contributed by atoms with van der Waals surface area (Å²) in [4.78, 5) is 12.7. The first-order valence-corrected chi connectivity index (χ1v) is 12.1. The fraction of sp³-hybridized carbons (Fsp3) is 0.846. The fourth-order valence-corrected chi connectivity index (χ4v) is 8.54. The van der Waals surface area contributed by atoms with Gasteiger partial charge < -0.3 is 5.11 Å². The molecule has 0 radical (unpaired) electrons. The van der Waals surface area contributed by atoms with E-state index in [9.17, 15) is 5.11 Å². The van der Waals surface area contributed by atoms with Crippen LogP contribution in [0, 0.1) is 40.4 Å². The maximum Gasteiger partial charge on any atom is 0.130 e. The van der Waals surface area contributed by atoms with Crippen LogP contribution >= 0.6 is 0 Å². The number of hydrogen-bond donors (Lipinski definition) is 1. The van der Waals surface area contributed by atoms with Crippen molar-refractivity contribution in [3.8, 4) is 0 Å². The summed E-state index contributed by atoms with van der Waals surface area (Å²) in [7, 11) is 0. The van der Waals surface area contributed by atoms with E-state index in [1.54, 1.807) is 0 Å². The predicted octanol–water partition coefficient (Wildman–Crippen LogP) is 5.84. The summed E-state index contributed by atoms with van der Waals surface area (Å²) in [6, 6.07) is 0. The standard InChI is InChI=1S/C26H40O3/c1-17(2)6-7-18(3)20-8-9-21-23(20,4)12-11-22-24(5)13-10-19(27)16-25(24)14-15-26(21,22)29-28-25/h6-7,14-15,17-22,27H,8-13,16H2,1-5H3/b7-6+/t18?,19-,20?,21?,22?,23+,24+,25+,26-/m0/s1. The molecule has 4 aliphatic carbocycles. The van der Waals surface area contributed by atoms with Crippen LogP contribution in [0.1, 0.15) is 79.6 Å². The molecule has 9 atom stereocenters. The molecule has 0 aromatic carbocycles. The number of rotatable bonds is 3. The molecule has 0 aromatic heterocycles. The molecule has 3 nitrogen and oxygen atoms in total. The van der Waals surface area contributed by atoms with Crippen molar-refractivity contribution >= 4 is 0 Å². The van der Waals surface area contributed by atoms with Gasteiger partial charge in [0.15, 0.2) is 0 Å². The van der Waals surface area contributed by atoms with Crippen LogP contribution in [0.5, 0.6) is 0 Å². The third kappa shape index (κ3) is 2.53. The van der Waals surface area contributed by atoms with E-state index in [0.29, 0.717) is 41.4 Å². The molecule has 6 rings (SSSR count). The number of aliphatic hydroxyl groups is 1. The van der Waals surface area contributed by atoms with Crippen molar-refractivity contribution < 1.29 is 14.9 Å². The maximum absolute atomic E-state index is 10.4. The van der Waals surface area contributed by atoms with Crippen molar-refractivity contribution in [2.45, 2.75) is 96.9 Å². The second kappa shape index (κ2) is 6.43. The van der Waals surface area contributed by atoms with Crippen molar-refractivity contribution in [2.24, 2.45) is 40.4 Å². The molecule has 2 aliphatic heterocycles. The van der Waals surface area contributed by atoms with Gasteiger partial charge in [0.1, 0.15) is 11.2 Å². The molecule has 2 bridgehead atoms. The van der Waals surface area contributed by atoms with E-state index in [4.69, 9.17) is 9.78 Å². The average molecular weight is 401 g/mol. The highest BCUT2D eigenvalue weighted by atomic mass is 17.2. The Kier molecular flexibility index (Phi) is 4.50. The molecule has 6 aliphatic rings. The van der Waals surface area contributed by atoms with Crippen molar-refractivity contribution in [3.63, 3.8) is 0 Å². The highest BCUT2D eigenvalue weighted by Gasteiger charge is 2.74. The molecule has 0 aromatic rings. The van der Waals surface area contributed by atoms with Gasteiger partial charge in [0.05, 0.1) is 6.10 Å². The lowest BCUT2D eigenvalue weighted by molar-refractivity contribution is -0.497. The summed E-state index contributed by atoms with van der Waals surface area (Å²) in [5.41, 5.74) is -0.341. The van der Waals surface area contributed by atoms with E-state index in [0.717, 1.165) is 12.8 Å². The maximum atomic E-state index is 10.4. The van der Waals surface area contributed by atoms with Gasteiger partial charge in [-0.15, -0.1) is 0 Å². The summed E-state index contributed by atoms with van der Waals surface area (Å²) in [5.74, 6) is 2.95. The van der Waals surface area contributed by atoms with Gasteiger partial charge in [-0.2, -0.15) is 0 Å². The first-order chi connectivity index (χ1) is 13.7.